The minimum absolute atomic E-state index is 0.00267. The average Bonchev–Trinajstić information content (AvgIpc) is 3.51. The van der Waals surface area contributed by atoms with Gasteiger partial charge < -0.3 is 26.1 Å². The lowest BCUT2D eigenvalue weighted by molar-refractivity contribution is -0.143. The lowest BCUT2D eigenvalue weighted by Crippen LogP contribution is -2.58. The van der Waals surface area contributed by atoms with Gasteiger partial charge in [-0.3, -0.25) is 34.1 Å². The number of hydrogen-bond acceptors (Lipinski definition) is 9. The smallest absolute Gasteiger partial charge is 0.287 e. The standard InChI is InChI=1S/C38H61N5O6.CH2O/c1-37(2,3)31(17-16-26-20-27(44)21-38(4,5)22-30(26)45)40-23-41-32(25-13-7-6-8-14-25)36(49)43-18-10-15-29(43)35(48)42-28(33(46)34(39)47)19-24-11-9-12-24;1-2/h20,24-25,28-29,31-32,40-41H,6-19,21-23H2,1-5H3,(H2,39,47)(H,42,48);1H2/t28?,29-,31+,32-;/m0./s1. The second-order valence-corrected chi connectivity index (χ2v) is 17.0. The summed E-state index contributed by atoms with van der Waals surface area (Å²) in [6, 6.07) is -2.15. The molecule has 1 saturated heterocycles. The zero-order chi connectivity index (χ0) is 37.9. The summed E-state index contributed by atoms with van der Waals surface area (Å²) in [5, 5.41) is 9.96. The molecule has 1 unspecified atom stereocenters. The number of likely N-dealkylation sites (tertiary alicyclic amines) is 1. The number of primary amides is 1. The highest BCUT2D eigenvalue weighted by atomic mass is 16.2. The van der Waals surface area contributed by atoms with Gasteiger partial charge in [0.2, 0.25) is 17.6 Å². The van der Waals surface area contributed by atoms with E-state index in [4.69, 9.17) is 10.5 Å². The molecular weight excluding hydrogens is 650 g/mol. The van der Waals surface area contributed by atoms with Gasteiger partial charge in [-0.2, -0.15) is 0 Å². The second kappa shape index (κ2) is 19.0. The normalized spacial score (nSPS) is 23.1. The van der Waals surface area contributed by atoms with E-state index in [1.807, 2.05) is 20.6 Å². The van der Waals surface area contributed by atoms with Gasteiger partial charge in [0.25, 0.3) is 5.91 Å². The summed E-state index contributed by atoms with van der Waals surface area (Å²) in [6.07, 6.45) is 13.1. The van der Waals surface area contributed by atoms with Crippen molar-refractivity contribution in [2.45, 2.75) is 155 Å². The molecule has 0 aromatic rings. The zero-order valence-electron chi connectivity index (χ0n) is 31.7. The van der Waals surface area contributed by atoms with Gasteiger partial charge in [0.1, 0.15) is 12.8 Å². The van der Waals surface area contributed by atoms with Crippen molar-refractivity contribution in [3.05, 3.63) is 11.6 Å². The number of allylic oxidation sites excluding steroid dienone is 2. The Labute approximate surface area is 304 Å². The second-order valence-electron chi connectivity index (χ2n) is 17.0. The number of hydrogen-bond donors (Lipinski definition) is 4. The molecule has 1 heterocycles. The summed E-state index contributed by atoms with van der Waals surface area (Å²) in [5.74, 6) is -1.89. The highest BCUT2D eigenvalue weighted by molar-refractivity contribution is 6.37. The third-order valence-corrected chi connectivity index (χ3v) is 11.3. The van der Waals surface area contributed by atoms with Gasteiger partial charge >= 0.3 is 0 Å². The molecule has 3 aliphatic carbocycles. The van der Waals surface area contributed by atoms with Crippen LogP contribution in [0.4, 0.5) is 0 Å². The van der Waals surface area contributed by atoms with Crippen molar-refractivity contribution in [3.63, 3.8) is 0 Å². The number of rotatable bonds is 15. The van der Waals surface area contributed by atoms with Crippen LogP contribution in [0.2, 0.25) is 0 Å². The van der Waals surface area contributed by atoms with Crippen molar-refractivity contribution in [2.24, 2.45) is 28.4 Å². The van der Waals surface area contributed by atoms with Crippen LogP contribution in [-0.2, 0) is 33.6 Å². The topological polar surface area (TPSA) is 185 Å². The van der Waals surface area contributed by atoms with Gasteiger partial charge in [0, 0.05) is 32.1 Å². The summed E-state index contributed by atoms with van der Waals surface area (Å²) < 4.78 is 0. The maximum Gasteiger partial charge on any atom is 0.287 e. The van der Waals surface area contributed by atoms with Crippen LogP contribution in [0.1, 0.15) is 131 Å². The molecule has 1 aliphatic heterocycles. The highest BCUT2D eigenvalue weighted by Gasteiger charge is 2.42. The molecule has 4 atom stereocenters. The summed E-state index contributed by atoms with van der Waals surface area (Å²) >= 11 is 0. The van der Waals surface area contributed by atoms with E-state index in [0.717, 1.165) is 51.4 Å². The lowest BCUT2D eigenvalue weighted by atomic mass is 9.80. The monoisotopic (exact) mass is 713 g/mol. The Hall–Kier alpha value is -3.25. The molecule has 0 spiro atoms. The lowest BCUT2D eigenvalue weighted by Gasteiger charge is -2.37. The molecule has 12 nitrogen and oxygen atoms in total. The number of Topliss-reactive ketones (excluding diaryl/α,β-unsaturated/α-hetero) is 2. The van der Waals surface area contributed by atoms with Gasteiger partial charge in [0.05, 0.1) is 12.1 Å². The highest BCUT2D eigenvalue weighted by Crippen LogP contribution is 2.34. The van der Waals surface area contributed by atoms with Crippen LogP contribution in [0.25, 0.3) is 0 Å². The van der Waals surface area contributed by atoms with Crippen LogP contribution >= 0.6 is 0 Å². The maximum absolute atomic E-state index is 14.3. The quantitative estimate of drug-likeness (QED) is 0.145. The number of ketones is 3. The molecule has 4 aliphatic rings. The van der Waals surface area contributed by atoms with E-state index in [1.165, 1.54) is 0 Å². The Morgan fingerprint density at radius 2 is 1.61 bits per heavy atom. The first-order valence-electron chi connectivity index (χ1n) is 19.0. The van der Waals surface area contributed by atoms with Gasteiger partial charge in [-0.15, -0.1) is 0 Å². The molecule has 3 amide bonds. The molecule has 0 aromatic heterocycles. The third kappa shape index (κ3) is 12.2. The van der Waals surface area contributed by atoms with E-state index in [9.17, 15) is 28.8 Å². The van der Waals surface area contributed by atoms with Gasteiger partial charge in [-0.25, -0.2) is 0 Å². The van der Waals surface area contributed by atoms with E-state index >= 15 is 0 Å². The number of nitrogens with one attached hydrogen (secondary N) is 3. The van der Waals surface area contributed by atoms with Crippen LogP contribution < -0.4 is 21.7 Å². The molecule has 51 heavy (non-hydrogen) atoms. The predicted molar refractivity (Wildman–Crippen MR) is 195 cm³/mol. The summed E-state index contributed by atoms with van der Waals surface area (Å²) in [6.45, 7) is 13.2. The first-order valence-corrected chi connectivity index (χ1v) is 19.0. The van der Waals surface area contributed by atoms with Crippen LogP contribution in [0.3, 0.4) is 0 Å². The fraction of sp³-hybridized carbons (Fsp3) is 0.769. The van der Waals surface area contributed by atoms with E-state index in [1.54, 1.807) is 11.0 Å². The largest absolute Gasteiger partial charge is 0.363 e. The van der Waals surface area contributed by atoms with Crippen LogP contribution in [0, 0.1) is 22.7 Å². The van der Waals surface area contributed by atoms with E-state index < -0.39 is 35.7 Å². The van der Waals surface area contributed by atoms with E-state index in [2.05, 4.69) is 36.7 Å². The first kappa shape index (κ1) is 42.2. The van der Waals surface area contributed by atoms with Gasteiger partial charge in [-0.05, 0) is 79.3 Å². The van der Waals surface area contributed by atoms with Crippen molar-refractivity contribution in [1.82, 2.24) is 20.9 Å². The third-order valence-electron chi connectivity index (χ3n) is 11.3. The SMILES string of the molecule is C=O.CC1(C)CC(=O)C=C(CC[C@@H](NCN[C@H](C(=O)N2CCC[C@H]2C(=O)NC(CC2CCC2)C(=O)C(N)=O)C2CCCCC2)C(C)(C)C)C(=O)C1. The zero-order valence-corrected chi connectivity index (χ0v) is 31.7. The van der Waals surface area contributed by atoms with E-state index in [-0.39, 0.29) is 46.2 Å². The van der Waals surface area contributed by atoms with Crippen molar-refractivity contribution < 1.29 is 33.6 Å². The van der Waals surface area contributed by atoms with E-state index in [0.29, 0.717) is 63.7 Å². The van der Waals surface area contributed by atoms with Gasteiger partial charge in [0.15, 0.2) is 11.6 Å². The molecule has 0 aromatic carbocycles. The number of carbonyl (C=O) groups is 7. The maximum atomic E-state index is 14.3. The minimum Gasteiger partial charge on any atom is -0.363 e. The fourth-order valence-electron chi connectivity index (χ4n) is 8.19. The summed E-state index contributed by atoms with van der Waals surface area (Å²) in [7, 11) is 0. The molecular formula is C39H63N5O7. The molecule has 0 bridgehead atoms. The summed E-state index contributed by atoms with van der Waals surface area (Å²) in [4.78, 5) is 87.6. The van der Waals surface area contributed by atoms with Crippen molar-refractivity contribution in [2.75, 3.05) is 13.2 Å². The Kier molecular flexibility index (Phi) is 15.7. The van der Waals surface area contributed by atoms with Crippen molar-refractivity contribution in [3.8, 4) is 0 Å². The predicted octanol–water partition coefficient (Wildman–Crippen LogP) is 3.69. The number of amides is 3. The fourth-order valence-corrected chi connectivity index (χ4v) is 8.19. The minimum atomic E-state index is -1.05. The van der Waals surface area contributed by atoms with Crippen LogP contribution in [-0.4, -0.2) is 84.1 Å². The molecule has 4 rings (SSSR count). The number of nitrogens with two attached hydrogens (primary N) is 1. The number of nitrogens with zero attached hydrogens (tertiary/aromatic N) is 1. The van der Waals surface area contributed by atoms with Gasteiger partial charge in [-0.1, -0.05) is 73.1 Å². The van der Waals surface area contributed by atoms with Crippen LogP contribution in [0.5, 0.6) is 0 Å². The molecule has 12 heteroatoms. The Morgan fingerprint density at radius 1 is 0.941 bits per heavy atom. The molecule has 0 radical (unpaired) electrons. The molecule has 286 valence electrons. The number of carbonyl (C=O) groups excluding carboxylic acids is 7. The first-order chi connectivity index (χ1) is 24.1. The van der Waals surface area contributed by atoms with Crippen LogP contribution in [0.15, 0.2) is 11.6 Å². The molecule has 5 N–H and O–H groups in total. The Balaban J connectivity index is 0.00000345. The molecule has 2 saturated carbocycles. The van der Waals surface area contributed by atoms with Crippen molar-refractivity contribution in [1.29, 1.82) is 0 Å². The molecule has 3 fully saturated rings. The summed E-state index contributed by atoms with van der Waals surface area (Å²) in [5.41, 5.74) is 5.43. The Bertz CT molecular complexity index is 1290. The average molecular weight is 714 g/mol. The Morgan fingerprint density at radius 3 is 2.20 bits per heavy atom. The van der Waals surface area contributed by atoms with Crippen molar-refractivity contribution >= 4 is 41.9 Å².